The fourth-order valence-electron chi connectivity index (χ4n) is 3.01. The van der Waals surface area contributed by atoms with Crippen molar-refractivity contribution in [2.24, 2.45) is 11.8 Å². The van der Waals surface area contributed by atoms with Gasteiger partial charge in [0.15, 0.2) is 11.0 Å². The number of nitrogens with one attached hydrogen (secondary N) is 1. The van der Waals surface area contributed by atoms with Crippen molar-refractivity contribution in [1.29, 1.82) is 0 Å². The molecule has 0 amide bonds. The topological polar surface area (TPSA) is 37.8 Å². The highest BCUT2D eigenvalue weighted by atomic mass is 35.5. The average Bonchev–Trinajstić information content (AvgIpc) is 2.83. The van der Waals surface area contributed by atoms with Crippen LogP contribution >= 0.6 is 11.6 Å². The first kappa shape index (κ1) is 9.40. The molecule has 4 heteroatoms. The lowest BCUT2D eigenvalue weighted by atomic mass is 9.95. The van der Waals surface area contributed by atoms with Gasteiger partial charge < -0.3 is 5.32 Å². The van der Waals surface area contributed by atoms with E-state index in [9.17, 15) is 0 Å². The van der Waals surface area contributed by atoms with Crippen molar-refractivity contribution in [3.05, 3.63) is 17.5 Å². The zero-order chi connectivity index (χ0) is 10.3. The maximum atomic E-state index is 5.97. The monoisotopic (exact) mass is 223 g/mol. The summed E-state index contributed by atoms with van der Waals surface area (Å²) in [4.78, 5) is 8.24. The molecule has 0 saturated heterocycles. The molecule has 15 heavy (non-hydrogen) atoms. The van der Waals surface area contributed by atoms with E-state index in [0.717, 1.165) is 17.7 Å². The minimum absolute atomic E-state index is 0.486. The van der Waals surface area contributed by atoms with Crippen molar-refractivity contribution in [2.45, 2.75) is 31.7 Å². The van der Waals surface area contributed by atoms with Gasteiger partial charge in [-0.3, -0.25) is 0 Å². The molecule has 2 bridgehead atoms. The van der Waals surface area contributed by atoms with Crippen LogP contribution in [0.5, 0.6) is 0 Å². The zero-order valence-electron chi connectivity index (χ0n) is 8.49. The van der Waals surface area contributed by atoms with Crippen molar-refractivity contribution in [1.82, 2.24) is 9.97 Å². The van der Waals surface area contributed by atoms with Crippen molar-refractivity contribution >= 4 is 17.4 Å². The van der Waals surface area contributed by atoms with Crippen LogP contribution in [0.1, 0.15) is 25.7 Å². The number of halogens is 1. The second-order valence-electron chi connectivity index (χ2n) is 4.62. The Hall–Kier alpha value is -0.830. The molecule has 0 aliphatic heterocycles. The molecule has 80 valence electrons. The molecule has 2 saturated carbocycles. The standard InChI is InChI=1S/C11H14ClN3/c12-10-11(14-4-3-13-10)15-9-6-7-1-2-8(9)5-7/h3-4,7-9H,1-2,5-6H2,(H,14,15). The molecule has 0 spiro atoms. The lowest BCUT2D eigenvalue weighted by Gasteiger charge is -2.23. The van der Waals surface area contributed by atoms with Gasteiger partial charge in [-0.15, -0.1) is 0 Å². The number of aromatic nitrogens is 2. The third-order valence-electron chi connectivity index (χ3n) is 3.71. The van der Waals surface area contributed by atoms with Gasteiger partial charge in [-0.25, -0.2) is 9.97 Å². The highest BCUT2D eigenvalue weighted by molar-refractivity contribution is 6.31. The Balaban J connectivity index is 1.73. The summed E-state index contributed by atoms with van der Waals surface area (Å²) in [5, 5.41) is 3.92. The normalized spacial score (nSPS) is 33.3. The van der Waals surface area contributed by atoms with E-state index < -0.39 is 0 Å². The highest BCUT2D eigenvalue weighted by Gasteiger charge is 2.39. The molecule has 2 aliphatic rings. The van der Waals surface area contributed by atoms with E-state index in [4.69, 9.17) is 11.6 Å². The third kappa shape index (κ3) is 1.69. The summed E-state index contributed by atoms with van der Waals surface area (Å²) in [6, 6.07) is 0.568. The molecule has 2 fully saturated rings. The second-order valence-corrected chi connectivity index (χ2v) is 4.98. The Bertz CT molecular complexity index is 369. The average molecular weight is 224 g/mol. The Morgan fingerprint density at radius 3 is 2.73 bits per heavy atom. The molecule has 1 heterocycles. The first-order valence-corrected chi connectivity index (χ1v) is 5.94. The van der Waals surface area contributed by atoms with Crippen LogP contribution in [0.25, 0.3) is 0 Å². The van der Waals surface area contributed by atoms with Crippen LogP contribution in [-0.4, -0.2) is 16.0 Å². The third-order valence-corrected chi connectivity index (χ3v) is 3.99. The predicted octanol–water partition coefficient (Wildman–Crippen LogP) is 2.73. The summed E-state index contributed by atoms with van der Waals surface area (Å²) >= 11 is 5.97. The first-order valence-electron chi connectivity index (χ1n) is 5.56. The lowest BCUT2D eigenvalue weighted by molar-refractivity contribution is 0.439. The van der Waals surface area contributed by atoms with Crippen molar-refractivity contribution in [2.75, 3.05) is 5.32 Å². The number of hydrogen-bond acceptors (Lipinski definition) is 3. The van der Waals surface area contributed by atoms with Gasteiger partial charge >= 0.3 is 0 Å². The summed E-state index contributed by atoms with van der Waals surface area (Å²) < 4.78 is 0. The van der Waals surface area contributed by atoms with Gasteiger partial charge in [0.1, 0.15) is 0 Å². The van der Waals surface area contributed by atoms with E-state index in [1.54, 1.807) is 12.4 Å². The van der Waals surface area contributed by atoms with Gasteiger partial charge in [0.2, 0.25) is 0 Å². The SMILES string of the molecule is Clc1nccnc1NC1CC2CCC1C2. The smallest absolute Gasteiger partial charge is 0.171 e. The van der Waals surface area contributed by atoms with Gasteiger partial charge in [0.25, 0.3) is 0 Å². The summed E-state index contributed by atoms with van der Waals surface area (Å²) in [6.45, 7) is 0. The second kappa shape index (κ2) is 3.63. The maximum absolute atomic E-state index is 5.97. The van der Waals surface area contributed by atoms with Crippen LogP contribution in [0.15, 0.2) is 12.4 Å². The Morgan fingerprint density at radius 2 is 2.07 bits per heavy atom. The highest BCUT2D eigenvalue weighted by Crippen LogP contribution is 2.45. The van der Waals surface area contributed by atoms with E-state index in [1.165, 1.54) is 25.7 Å². The van der Waals surface area contributed by atoms with Gasteiger partial charge in [-0.1, -0.05) is 18.0 Å². The van der Waals surface area contributed by atoms with Crippen LogP contribution in [0.3, 0.4) is 0 Å². The fraction of sp³-hybridized carbons (Fsp3) is 0.636. The Labute approximate surface area is 94.3 Å². The molecule has 0 radical (unpaired) electrons. The predicted molar refractivity (Wildman–Crippen MR) is 59.9 cm³/mol. The van der Waals surface area contributed by atoms with Gasteiger partial charge in [0, 0.05) is 18.4 Å². The molecule has 3 nitrogen and oxygen atoms in total. The molecule has 3 atom stereocenters. The molecule has 1 N–H and O–H groups in total. The summed E-state index contributed by atoms with van der Waals surface area (Å²) in [7, 11) is 0. The van der Waals surface area contributed by atoms with Crippen molar-refractivity contribution in [3.8, 4) is 0 Å². The van der Waals surface area contributed by atoms with Crippen LogP contribution in [0.2, 0.25) is 5.15 Å². The van der Waals surface area contributed by atoms with Crippen LogP contribution in [0, 0.1) is 11.8 Å². The van der Waals surface area contributed by atoms with Crippen molar-refractivity contribution < 1.29 is 0 Å². The molecule has 0 aromatic carbocycles. The van der Waals surface area contributed by atoms with Crippen LogP contribution < -0.4 is 5.32 Å². The van der Waals surface area contributed by atoms with E-state index in [1.807, 2.05) is 0 Å². The summed E-state index contributed by atoms with van der Waals surface area (Å²) in [5.41, 5.74) is 0. The van der Waals surface area contributed by atoms with E-state index in [-0.39, 0.29) is 0 Å². The molecular weight excluding hydrogens is 210 g/mol. The van der Waals surface area contributed by atoms with Gasteiger partial charge in [0.05, 0.1) is 0 Å². The first-order chi connectivity index (χ1) is 7.33. The quantitative estimate of drug-likeness (QED) is 0.838. The molecule has 3 rings (SSSR count). The van der Waals surface area contributed by atoms with E-state index >= 15 is 0 Å². The number of rotatable bonds is 2. The van der Waals surface area contributed by atoms with Gasteiger partial charge in [-0.05, 0) is 31.1 Å². The van der Waals surface area contributed by atoms with Crippen LogP contribution in [0.4, 0.5) is 5.82 Å². The zero-order valence-corrected chi connectivity index (χ0v) is 9.24. The van der Waals surface area contributed by atoms with E-state index in [2.05, 4.69) is 15.3 Å². The number of hydrogen-bond donors (Lipinski definition) is 1. The molecule has 3 unspecified atom stereocenters. The number of fused-ring (bicyclic) bond motifs is 2. The van der Waals surface area contributed by atoms with Crippen LogP contribution in [-0.2, 0) is 0 Å². The largest absolute Gasteiger partial charge is 0.364 e. The molecule has 2 aliphatic carbocycles. The van der Waals surface area contributed by atoms with Crippen molar-refractivity contribution in [3.63, 3.8) is 0 Å². The Morgan fingerprint density at radius 1 is 1.20 bits per heavy atom. The number of anilines is 1. The minimum Gasteiger partial charge on any atom is -0.364 e. The summed E-state index contributed by atoms with van der Waals surface area (Å²) in [5.74, 6) is 2.51. The van der Waals surface area contributed by atoms with E-state index in [0.29, 0.717) is 11.2 Å². The lowest BCUT2D eigenvalue weighted by Crippen LogP contribution is -2.26. The fourth-order valence-corrected chi connectivity index (χ4v) is 3.17. The molecule has 1 aromatic heterocycles. The maximum Gasteiger partial charge on any atom is 0.171 e. The Kier molecular flexibility index (Phi) is 2.28. The minimum atomic E-state index is 0.486. The molecular formula is C11H14ClN3. The van der Waals surface area contributed by atoms with Gasteiger partial charge in [-0.2, -0.15) is 0 Å². The summed E-state index contributed by atoms with van der Waals surface area (Å²) in [6.07, 6.45) is 8.74. The number of nitrogens with zero attached hydrogens (tertiary/aromatic N) is 2. The molecule has 1 aromatic rings.